The summed E-state index contributed by atoms with van der Waals surface area (Å²) >= 11 is 0. The van der Waals surface area contributed by atoms with Crippen molar-refractivity contribution in [2.75, 3.05) is 11.5 Å². The molecule has 1 aromatic carbocycles. The van der Waals surface area contributed by atoms with Crippen molar-refractivity contribution in [3.8, 4) is 0 Å². The second-order valence-corrected chi connectivity index (χ2v) is 6.92. The largest absolute Gasteiger partial charge is 0.143 e. The van der Waals surface area contributed by atoms with Crippen LogP contribution in [0.5, 0.6) is 0 Å². The maximum absolute atomic E-state index is 2.34. The Kier molecular flexibility index (Phi) is 3.74. The minimum absolute atomic E-state index is 0.677. The SMILES string of the molecule is CCC(c1ccc(C)cc1)[S+]1CCCC1. The maximum Gasteiger partial charge on any atom is 0.143 e. The van der Waals surface area contributed by atoms with Gasteiger partial charge in [-0.1, -0.05) is 36.8 Å². The van der Waals surface area contributed by atoms with E-state index >= 15 is 0 Å². The van der Waals surface area contributed by atoms with E-state index in [1.165, 1.54) is 36.3 Å². The number of benzene rings is 1. The molecule has 2 rings (SSSR count). The predicted octanol–water partition coefficient (Wildman–Crippen LogP) is 3.86. The van der Waals surface area contributed by atoms with Crippen molar-refractivity contribution in [1.29, 1.82) is 0 Å². The first-order chi connectivity index (χ1) is 7.31. The van der Waals surface area contributed by atoms with Crippen LogP contribution in [0.15, 0.2) is 24.3 Å². The van der Waals surface area contributed by atoms with E-state index in [2.05, 4.69) is 38.1 Å². The molecule has 1 saturated heterocycles. The normalized spacial score (nSPS) is 19.3. The minimum Gasteiger partial charge on any atom is -0.0603 e. The molecule has 0 aliphatic carbocycles. The monoisotopic (exact) mass is 221 g/mol. The Bertz CT molecular complexity index is 296. The smallest absolute Gasteiger partial charge is 0.0603 e. The van der Waals surface area contributed by atoms with Crippen molar-refractivity contribution in [3.63, 3.8) is 0 Å². The molecule has 15 heavy (non-hydrogen) atoms. The van der Waals surface area contributed by atoms with Gasteiger partial charge in [0.1, 0.15) is 16.8 Å². The van der Waals surface area contributed by atoms with E-state index in [1.807, 2.05) is 0 Å². The van der Waals surface area contributed by atoms with Crippen LogP contribution in [-0.2, 0) is 10.9 Å². The van der Waals surface area contributed by atoms with Crippen molar-refractivity contribution in [3.05, 3.63) is 35.4 Å². The van der Waals surface area contributed by atoms with Gasteiger partial charge in [-0.15, -0.1) is 0 Å². The van der Waals surface area contributed by atoms with E-state index in [9.17, 15) is 0 Å². The first-order valence-corrected chi connectivity index (χ1v) is 7.66. The Labute approximate surface area is 96.4 Å². The molecule has 0 saturated carbocycles. The molecule has 1 aliphatic heterocycles. The van der Waals surface area contributed by atoms with Gasteiger partial charge in [-0.05, 0) is 37.1 Å². The fourth-order valence-corrected chi connectivity index (χ4v) is 5.34. The van der Waals surface area contributed by atoms with Crippen LogP contribution in [0.2, 0.25) is 0 Å². The predicted molar refractivity (Wildman–Crippen MR) is 70.5 cm³/mol. The quantitative estimate of drug-likeness (QED) is 0.680. The van der Waals surface area contributed by atoms with Crippen molar-refractivity contribution < 1.29 is 0 Å². The topological polar surface area (TPSA) is 0 Å². The van der Waals surface area contributed by atoms with Crippen molar-refractivity contribution >= 4 is 10.9 Å². The van der Waals surface area contributed by atoms with Crippen molar-refractivity contribution in [2.45, 2.75) is 38.4 Å². The van der Waals surface area contributed by atoms with Crippen molar-refractivity contribution in [2.24, 2.45) is 0 Å². The zero-order valence-corrected chi connectivity index (χ0v) is 10.6. The highest BCUT2D eigenvalue weighted by Gasteiger charge is 2.33. The first-order valence-electron chi connectivity index (χ1n) is 6.04. The van der Waals surface area contributed by atoms with Crippen LogP contribution < -0.4 is 0 Å². The van der Waals surface area contributed by atoms with Crippen LogP contribution in [-0.4, -0.2) is 11.5 Å². The van der Waals surface area contributed by atoms with Gasteiger partial charge in [0.2, 0.25) is 0 Å². The van der Waals surface area contributed by atoms with Gasteiger partial charge in [-0.3, -0.25) is 0 Å². The summed E-state index contributed by atoms with van der Waals surface area (Å²) in [6.45, 7) is 4.51. The van der Waals surface area contributed by atoms with Gasteiger partial charge < -0.3 is 0 Å². The molecule has 0 amide bonds. The molecule has 1 heteroatoms. The first kappa shape index (κ1) is 11.1. The molecular formula is C14H21S+. The molecule has 82 valence electrons. The molecular weight excluding hydrogens is 200 g/mol. The summed E-state index contributed by atoms with van der Waals surface area (Å²) in [5, 5.41) is 0.841. The average Bonchev–Trinajstić information content (AvgIpc) is 2.75. The molecule has 0 spiro atoms. The molecule has 1 unspecified atom stereocenters. The Hall–Kier alpha value is -0.430. The van der Waals surface area contributed by atoms with Crippen LogP contribution in [0.3, 0.4) is 0 Å². The second-order valence-electron chi connectivity index (χ2n) is 4.46. The molecule has 1 heterocycles. The maximum atomic E-state index is 2.34. The summed E-state index contributed by atoms with van der Waals surface area (Å²) < 4.78 is 0. The Morgan fingerprint density at radius 3 is 2.27 bits per heavy atom. The van der Waals surface area contributed by atoms with E-state index in [0.29, 0.717) is 10.9 Å². The van der Waals surface area contributed by atoms with Gasteiger partial charge in [-0.2, -0.15) is 0 Å². The highest BCUT2D eigenvalue weighted by molar-refractivity contribution is 7.97. The third-order valence-electron chi connectivity index (χ3n) is 3.29. The summed E-state index contributed by atoms with van der Waals surface area (Å²) in [6, 6.07) is 9.21. The lowest BCUT2D eigenvalue weighted by molar-refractivity contribution is 0.886. The lowest BCUT2D eigenvalue weighted by atomic mass is 10.1. The lowest BCUT2D eigenvalue weighted by Crippen LogP contribution is -2.14. The average molecular weight is 221 g/mol. The number of hydrogen-bond donors (Lipinski definition) is 0. The van der Waals surface area contributed by atoms with E-state index in [0.717, 1.165) is 5.25 Å². The van der Waals surface area contributed by atoms with Gasteiger partial charge in [0, 0.05) is 5.56 Å². The third-order valence-corrected chi connectivity index (χ3v) is 6.32. The Morgan fingerprint density at radius 1 is 1.13 bits per heavy atom. The summed E-state index contributed by atoms with van der Waals surface area (Å²) in [6.07, 6.45) is 4.24. The molecule has 0 radical (unpaired) electrons. The highest BCUT2D eigenvalue weighted by atomic mass is 32.2. The zero-order valence-electron chi connectivity index (χ0n) is 9.83. The van der Waals surface area contributed by atoms with Crippen LogP contribution in [0.25, 0.3) is 0 Å². The van der Waals surface area contributed by atoms with Crippen molar-refractivity contribution in [1.82, 2.24) is 0 Å². The standard InChI is InChI=1S/C14H21S/c1-3-14(15-10-4-5-11-15)13-8-6-12(2)7-9-13/h6-9,14H,3-5,10-11H2,1-2H3/q+1. The summed E-state index contributed by atoms with van der Waals surface area (Å²) in [4.78, 5) is 0. The Balaban J connectivity index is 2.14. The van der Waals surface area contributed by atoms with Crippen LogP contribution in [0, 0.1) is 6.92 Å². The molecule has 1 aromatic rings. The third kappa shape index (κ3) is 2.57. The minimum atomic E-state index is 0.677. The lowest BCUT2D eigenvalue weighted by Gasteiger charge is -2.14. The van der Waals surface area contributed by atoms with Crippen LogP contribution in [0.4, 0.5) is 0 Å². The van der Waals surface area contributed by atoms with Gasteiger partial charge in [-0.25, -0.2) is 0 Å². The van der Waals surface area contributed by atoms with E-state index in [4.69, 9.17) is 0 Å². The molecule has 0 nitrogen and oxygen atoms in total. The highest BCUT2D eigenvalue weighted by Crippen LogP contribution is 2.33. The summed E-state index contributed by atoms with van der Waals surface area (Å²) in [7, 11) is 0.677. The molecule has 0 N–H and O–H groups in total. The zero-order chi connectivity index (χ0) is 10.7. The molecule has 1 atom stereocenters. The van der Waals surface area contributed by atoms with E-state index in [1.54, 1.807) is 5.56 Å². The second kappa shape index (κ2) is 5.07. The van der Waals surface area contributed by atoms with Gasteiger partial charge >= 0.3 is 0 Å². The van der Waals surface area contributed by atoms with Crippen LogP contribution in [0.1, 0.15) is 42.6 Å². The molecule has 1 fully saturated rings. The fraction of sp³-hybridized carbons (Fsp3) is 0.571. The van der Waals surface area contributed by atoms with Gasteiger partial charge in [0.05, 0.1) is 0 Å². The molecule has 0 aromatic heterocycles. The van der Waals surface area contributed by atoms with E-state index in [-0.39, 0.29) is 0 Å². The summed E-state index contributed by atoms with van der Waals surface area (Å²) in [5.41, 5.74) is 2.96. The van der Waals surface area contributed by atoms with Crippen LogP contribution >= 0.6 is 0 Å². The summed E-state index contributed by atoms with van der Waals surface area (Å²) in [5.74, 6) is 2.96. The van der Waals surface area contributed by atoms with Gasteiger partial charge in [0.25, 0.3) is 0 Å². The molecule has 0 bridgehead atoms. The number of rotatable bonds is 3. The molecule has 1 aliphatic rings. The fourth-order valence-electron chi connectivity index (χ4n) is 2.41. The van der Waals surface area contributed by atoms with E-state index < -0.39 is 0 Å². The number of hydrogen-bond acceptors (Lipinski definition) is 0. The Morgan fingerprint density at radius 2 is 1.73 bits per heavy atom. The number of aryl methyl sites for hydroxylation is 1. The van der Waals surface area contributed by atoms with Gasteiger partial charge in [0.15, 0.2) is 0 Å².